The molecule has 0 aromatic carbocycles. The second-order valence-electron chi connectivity index (χ2n) is 3.33. The Labute approximate surface area is 83.5 Å². The molecule has 0 N–H and O–H groups in total. The summed E-state index contributed by atoms with van der Waals surface area (Å²) < 4.78 is 0. The maximum absolute atomic E-state index is 5.84. The molecule has 3 heteroatoms. The summed E-state index contributed by atoms with van der Waals surface area (Å²) in [6, 6.07) is 2.06. The molecule has 0 radical (unpaired) electrons. The largest absolute Gasteiger partial charge is 0.371 e. The number of pyridine rings is 1. The van der Waals surface area contributed by atoms with Crippen molar-refractivity contribution in [1.82, 2.24) is 4.98 Å². The molecule has 0 saturated carbocycles. The van der Waals surface area contributed by atoms with Crippen molar-refractivity contribution in [2.75, 3.05) is 18.0 Å². The maximum Gasteiger partial charge on any atom is 0.0509 e. The first-order valence-electron chi connectivity index (χ1n) is 4.65. The first-order valence-corrected chi connectivity index (χ1v) is 5.19. The Morgan fingerprint density at radius 3 is 2.85 bits per heavy atom. The highest BCUT2D eigenvalue weighted by Gasteiger charge is 2.14. The van der Waals surface area contributed by atoms with Gasteiger partial charge in [-0.3, -0.25) is 4.98 Å². The zero-order valence-electron chi connectivity index (χ0n) is 7.54. The van der Waals surface area contributed by atoms with Gasteiger partial charge in [0.25, 0.3) is 0 Å². The Morgan fingerprint density at radius 2 is 2.15 bits per heavy atom. The van der Waals surface area contributed by atoms with Gasteiger partial charge in [0.05, 0.1) is 5.88 Å². The van der Waals surface area contributed by atoms with Crippen LogP contribution < -0.4 is 4.90 Å². The highest BCUT2D eigenvalue weighted by molar-refractivity contribution is 6.17. The van der Waals surface area contributed by atoms with E-state index < -0.39 is 0 Å². The van der Waals surface area contributed by atoms with E-state index in [2.05, 4.69) is 16.0 Å². The van der Waals surface area contributed by atoms with Crippen LogP contribution in [0.1, 0.15) is 18.4 Å². The van der Waals surface area contributed by atoms with E-state index in [-0.39, 0.29) is 0 Å². The van der Waals surface area contributed by atoms with Gasteiger partial charge in [-0.1, -0.05) is 0 Å². The molecule has 0 atom stereocenters. The van der Waals surface area contributed by atoms with Gasteiger partial charge in [0.2, 0.25) is 0 Å². The van der Waals surface area contributed by atoms with Gasteiger partial charge >= 0.3 is 0 Å². The van der Waals surface area contributed by atoms with Gasteiger partial charge in [0.1, 0.15) is 0 Å². The van der Waals surface area contributed by atoms with Crippen LogP contribution in [0.3, 0.4) is 0 Å². The quantitative estimate of drug-likeness (QED) is 0.676. The average Bonchev–Trinajstić information content (AvgIpc) is 2.70. The normalized spacial score (nSPS) is 16.5. The van der Waals surface area contributed by atoms with Crippen molar-refractivity contribution in [3.63, 3.8) is 0 Å². The van der Waals surface area contributed by atoms with E-state index in [1.54, 1.807) is 0 Å². The molecule has 0 spiro atoms. The summed E-state index contributed by atoms with van der Waals surface area (Å²) in [6.45, 7) is 2.32. The fourth-order valence-corrected chi connectivity index (χ4v) is 2.00. The predicted molar refractivity (Wildman–Crippen MR) is 55.2 cm³/mol. The van der Waals surface area contributed by atoms with Crippen LogP contribution in [0.2, 0.25) is 0 Å². The van der Waals surface area contributed by atoms with Crippen molar-refractivity contribution in [1.29, 1.82) is 0 Å². The topological polar surface area (TPSA) is 16.1 Å². The number of hydrogen-bond acceptors (Lipinski definition) is 2. The number of alkyl halides is 1. The van der Waals surface area contributed by atoms with E-state index in [0.29, 0.717) is 5.88 Å². The third-order valence-electron chi connectivity index (χ3n) is 2.47. The Bertz CT molecular complexity index is 282. The summed E-state index contributed by atoms with van der Waals surface area (Å²) in [6.07, 6.45) is 6.29. The second-order valence-corrected chi connectivity index (χ2v) is 3.60. The van der Waals surface area contributed by atoms with Gasteiger partial charge in [0, 0.05) is 36.7 Å². The Morgan fingerprint density at radius 1 is 1.38 bits per heavy atom. The third kappa shape index (κ3) is 1.78. The monoisotopic (exact) mass is 196 g/mol. The molecule has 70 valence electrons. The Hall–Kier alpha value is -0.760. The molecular weight excluding hydrogens is 184 g/mol. The van der Waals surface area contributed by atoms with Crippen LogP contribution in [0, 0.1) is 0 Å². The van der Waals surface area contributed by atoms with Crippen LogP contribution in [0.5, 0.6) is 0 Å². The molecule has 2 heterocycles. The molecule has 0 unspecified atom stereocenters. The minimum Gasteiger partial charge on any atom is -0.371 e. The molecule has 1 aromatic rings. The lowest BCUT2D eigenvalue weighted by Gasteiger charge is -2.19. The molecule has 1 aliphatic heterocycles. The van der Waals surface area contributed by atoms with Crippen LogP contribution in [0.15, 0.2) is 18.5 Å². The minimum atomic E-state index is 0.555. The predicted octanol–water partition coefficient (Wildman–Crippen LogP) is 2.42. The number of rotatable bonds is 2. The van der Waals surface area contributed by atoms with E-state index in [0.717, 1.165) is 18.7 Å². The van der Waals surface area contributed by atoms with Gasteiger partial charge in [-0.25, -0.2) is 0 Å². The standard InChI is InChI=1S/C10H13ClN2/c11-7-9-8-12-4-3-10(9)13-5-1-2-6-13/h3-4,8H,1-2,5-7H2. The number of nitrogens with zero attached hydrogens (tertiary/aromatic N) is 2. The molecule has 1 saturated heterocycles. The smallest absolute Gasteiger partial charge is 0.0509 e. The summed E-state index contributed by atoms with van der Waals surface area (Å²) in [5.74, 6) is 0.555. The maximum atomic E-state index is 5.84. The zero-order valence-corrected chi connectivity index (χ0v) is 8.30. The fraction of sp³-hybridized carbons (Fsp3) is 0.500. The molecule has 0 aliphatic carbocycles. The Balaban J connectivity index is 2.26. The summed E-state index contributed by atoms with van der Waals surface area (Å²) >= 11 is 5.84. The van der Waals surface area contributed by atoms with Crippen molar-refractivity contribution in [3.05, 3.63) is 24.0 Å². The molecule has 13 heavy (non-hydrogen) atoms. The second kappa shape index (κ2) is 3.97. The van der Waals surface area contributed by atoms with Crippen LogP contribution in [-0.2, 0) is 5.88 Å². The Kier molecular flexibility index (Phi) is 2.69. The molecular formula is C10H13ClN2. The fourth-order valence-electron chi connectivity index (χ4n) is 1.79. The lowest BCUT2D eigenvalue weighted by atomic mass is 10.2. The lowest BCUT2D eigenvalue weighted by Crippen LogP contribution is -2.19. The summed E-state index contributed by atoms with van der Waals surface area (Å²) in [7, 11) is 0. The number of hydrogen-bond donors (Lipinski definition) is 0. The molecule has 0 amide bonds. The summed E-state index contributed by atoms with van der Waals surface area (Å²) in [5.41, 5.74) is 2.41. The van der Waals surface area contributed by atoms with E-state index in [1.165, 1.54) is 18.5 Å². The molecule has 0 bridgehead atoms. The van der Waals surface area contributed by atoms with Crippen molar-refractivity contribution >= 4 is 17.3 Å². The van der Waals surface area contributed by atoms with E-state index in [1.807, 2.05) is 12.4 Å². The molecule has 2 nitrogen and oxygen atoms in total. The van der Waals surface area contributed by atoms with Crippen LogP contribution in [0.4, 0.5) is 5.69 Å². The van der Waals surface area contributed by atoms with Gasteiger partial charge in [-0.2, -0.15) is 0 Å². The van der Waals surface area contributed by atoms with Crippen LogP contribution in [0.25, 0.3) is 0 Å². The number of anilines is 1. The number of aromatic nitrogens is 1. The first-order chi connectivity index (χ1) is 6.42. The van der Waals surface area contributed by atoms with E-state index in [9.17, 15) is 0 Å². The van der Waals surface area contributed by atoms with Crippen molar-refractivity contribution in [2.45, 2.75) is 18.7 Å². The van der Waals surface area contributed by atoms with E-state index in [4.69, 9.17) is 11.6 Å². The van der Waals surface area contributed by atoms with Crippen molar-refractivity contribution < 1.29 is 0 Å². The summed E-state index contributed by atoms with van der Waals surface area (Å²) in [4.78, 5) is 6.46. The minimum absolute atomic E-state index is 0.555. The van der Waals surface area contributed by atoms with Gasteiger partial charge < -0.3 is 4.90 Å². The van der Waals surface area contributed by atoms with Crippen LogP contribution >= 0.6 is 11.6 Å². The van der Waals surface area contributed by atoms with Gasteiger partial charge in [-0.15, -0.1) is 11.6 Å². The molecule has 1 aromatic heterocycles. The molecule has 2 rings (SSSR count). The van der Waals surface area contributed by atoms with Gasteiger partial charge in [-0.05, 0) is 18.9 Å². The van der Waals surface area contributed by atoms with Crippen LogP contribution in [-0.4, -0.2) is 18.1 Å². The SMILES string of the molecule is ClCc1cnccc1N1CCCC1. The third-order valence-corrected chi connectivity index (χ3v) is 2.76. The highest BCUT2D eigenvalue weighted by Crippen LogP contribution is 2.24. The number of halogens is 1. The zero-order chi connectivity index (χ0) is 9.10. The van der Waals surface area contributed by atoms with Crippen molar-refractivity contribution in [2.24, 2.45) is 0 Å². The highest BCUT2D eigenvalue weighted by atomic mass is 35.5. The molecule has 1 aliphatic rings. The lowest BCUT2D eigenvalue weighted by molar-refractivity contribution is 0.949. The average molecular weight is 197 g/mol. The molecule has 1 fully saturated rings. The van der Waals surface area contributed by atoms with Gasteiger partial charge in [0.15, 0.2) is 0 Å². The first kappa shape index (κ1) is 8.82. The van der Waals surface area contributed by atoms with E-state index >= 15 is 0 Å². The summed E-state index contributed by atoms with van der Waals surface area (Å²) in [5, 5.41) is 0. The van der Waals surface area contributed by atoms with Crippen molar-refractivity contribution in [3.8, 4) is 0 Å².